The minimum atomic E-state index is -0.368. The molecule has 1 aromatic rings. The van der Waals surface area contributed by atoms with Crippen LogP contribution in [0.3, 0.4) is 0 Å². The van der Waals surface area contributed by atoms with Gasteiger partial charge in [-0.05, 0) is 37.5 Å². The standard InChI is InChI=1S/C17H25FN2O3/c1-11(12-5-7-15(22-4)14(18)9-12)19-10-13-6-8-16(23-13)17(21)20(2)3/h5,7,9,11,13,16,19H,6,8,10H2,1-4H3/t11-,13-,16-/m0/s1. The largest absolute Gasteiger partial charge is 0.494 e. The zero-order chi connectivity index (χ0) is 17.0. The minimum Gasteiger partial charge on any atom is -0.494 e. The number of methoxy groups -OCH3 is 1. The summed E-state index contributed by atoms with van der Waals surface area (Å²) in [7, 11) is 4.91. The van der Waals surface area contributed by atoms with Crippen LogP contribution in [0.2, 0.25) is 0 Å². The number of nitrogens with zero attached hydrogens (tertiary/aromatic N) is 1. The Kier molecular flexibility index (Phi) is 5.96. The van der Waals surface area contributed by atoms with Crippen LogP contribution in [-0.2, 0) is 9.53 Å². The van der Waals surface area contributed by atoms with E-state index >= 15 is 0 Å². The third-order valence-corrected chi connectivity index (χ3v) is 4.15. The van der Waals surface area contributed by atoms with Gasteiger partial charge in [0.15, 0.2) is 11.6 Å². The monoisotopic (exact) mass is 324 g/mol. The third-order valence-electron chi connectivity index (χ3n) is 4.15. The number of carbonyl (C=O) groups excluding carboxylic acids is 1. The van der Waals surface area contributed by atoms with Crippen LogP contribution in [0.4, 0.5) is 4.39 Å². The van der Waals surface area contributed by atoms with Crippen molar-refractivity contribution in [1.29, 1.82) is 0 Å². The van der Waals surface area contributed by atoms with Gasteiger partial charge in [-0.25, -0.2) is 4.39 Å². The number of hydrogen-bond acceptors (Lipinski definition) is 4. The summed E-state index contributed by atoms with van der Waals surface area (Å²) in [6, 6.07) is 4.93. The Balaban J connectivity index is 1.84. The summed E-state index contributed by atoms with van der Waals surface area (Å²) in [6.07, 6.45) is 1.26. The first kappa shape index (κ1) is 17.7. The van der Waals surface area contributed by atoms with Crippen molar-refractivity contribution in [1.82, 2.24) is 10.2 Å². The van der Waals surface area contributed by atoms with E-state index in [1.165, 1.54) is 13.2 Å². The van der Waals surface area contributed by atoms with E-state index in [1.54, 1.807) is 25.1 Å². The maximum Gasteiger partial charge on any atom is 0.251 e. The van der Waals surface area contributed by atoms with Gasteiger partial charge in [0.2, 0.25) is 0 Å². The Bertz CT molecular complexity index is 551. The van der Waals surface area contributed by atoms with Crippen molar-refractivity contribution < 1.29 is 18.7 Å². The maximum atomic E-state index is 13.7. The maximum absolute atomic E-state index is 13.7. The number of nitrogens with one attached hydrogen (secondary N) is 1. The van der Waals surface area contributed by atoms with E-state index in [9.17, 15) is 9.18 Å². The molecule has 3 atom stereocenters. The van der Waals surface area contributed by atoms with E-state index in [2.05, 4.69) is 5.32 Å². The molecule has 0 saturated carbocycles. The number of halogens is 1. The molecule has 5 nitrogen and oxygen atoms in total. The van der Waals surface area contributed by atoms with Crippen LogP contribution >= 0.6 is 0 Å². The van der Waals surface area contributed by atoms with Gasteiger partial charge in [-0.15, -0.1) is 0 Å². The van der Waals surface area contributed by atoms with Gasteiger partial charge in [-0.2, -0.15) is 0 Å². The summed E-state index contributed by atoms with van der Waals surface area (Å²) in [5, 5.41) is 3.34. The molecule has 128 valence electrons. The molecule has 6 heteroatoms. The zero-order valence-electron chi connectivity index (χ0n) is 14.1. The lowest BCUT2D eigenvalue weighted by Crippen LogP contribution is -2.35. The SMILES string of the molecule is COc1ccc([C@H](C)NC[C@@H]2CC[C@@H](C(=O)N(C)C)O2)cc1F. The van der Waals surface area contributed by atoms with Crippen molar-refractivity contribution in [3.8, 4) is 5.75 Å². The highest BCUT2D eigenvalue weighted by Crippen LogP contribution is 2.23. The summed E-state index contributed by atoms with van der Waals surface area (Å²) < 4.78 is 24.5. The number of ether oxygens (including phenoxy) is 2. The van der Waals surface area contributed by atoms with Gasteiger partial charge in [0.1, 0.15) is 6.10 Å². The lowest BCUT2D eigenvalue weighted by atomic mass is 10.1. The van der Waals surface area contributed by atoms with Gasteiger partial charge in [0.05, 0.1) is 13.2 Å². The van der Waals surface area contributed by atoms with Crippen LogP contribution in [0.5, 0.6) is 5.75 Å². The molecule has 1 aliphatic rings. The average molecular weight is 324 g/mol. The summed E-state index contributed by atoms with van der Waals surface area (Å²) in [4.78, 5) is 13.4. The molecular formula is C17H25FN2O3. The number of likely N-dealkylation sites (N-methyl/N-ethyl adjacent to an activating group) is 1. The predicted molar refractivity (Wildman–Crippen MR) is 86.0 cm³/mol. The molecule has 23 heavy (non-hydrogen) atoms. The summed E-state index contributed by atoms with van der Waals surface area (Å²) in [6.45, 7) is 2.60. The Morgan fingerprint density at radius 3 is 2.83 bits per heavy atom. The highest BCUT2D eigenvalue weighted by atomic mass is 19.1. The number of benzene rings is 1. The fraction of sp³-hybridized carbons (Fsp3) is 0.588. The first-order valence-corrected chi connectivity index (χ1v) is 7.85. The van der Waals surface area contributed by atoms with Gasteiger partial charge in [0.25, 0.3) is 5.91 Å². The zero-order valence-corrected chi connectivity index (χ0v) is 14.1. The normalized spacial score (nSPS) is 22.0. The molecule has 0 radical (unpaired) electrons. The van der Waals surface area contributed by atoms with Crippen molar-refractivity contribution in [2.45, 2.75) is 38.0 Å². The first-order valence-electron chi connectivity index (χ1n) is 7.85. The number of amides is 1. The molecule has 1 aliphatic heterocycles. The van der Waals surface area contributed by atoms with E-state index in [1.807, 2.05) is 13.0 Å². The predicted octanol–water partition coefficient (Wildman–Crippen LogP) is 2.12. The van der Waals surface area contributed by atoms with Crippen LogP contribution < -0.4 is 10.1 Å². The van der Waals surface area contributed by atoms with Crippen LogP contribution in [-0.4, -0.2) is 50.8 Å². The second-order valence-corrected chi connectivity index (χ2v) is 6.08. The van der Waals surface area contributed by atoms with E-state index in [-0.39, 0.29) is 35.7 Å². The topological polar surface area (TPSA) is 50.8 Å². The average Bonchev–Trinajstić information content (AvgIpc) is 3.00. The third kappa shape index (κ3) is 4.42. The number of hydrogen-bond donors (Lipinski definition) is 1. The molecule has 0 spiro atoms. The molecule has 1 N–H and O–H groups in total. The van der Waals surface area contributed by atoms with Crippen LogP contribution in [0, 0.1) is 5.82 Å². The van der Waals surface area contributed by atoms with Gasteiger partial charge in [0, 0.05) is 26.7 Å². The molecule has 0 aromatic heterocycles. The van der Waals surface area contributed by atoms with E-state index in [0.29, 0.717) is 6.54 Å². The fourth-order valence-corrected chi connectivity index (χ4v) is 2.70. The Labute approximate surface area is 136 Å². The summed E-state index contributed by atoms with van der Waals surface area (Å²) in [5.74, 6) is -0.115. The first-order chi connectivity index (χ1) is 10.9. The molecule has 1 heterocycles. The van der Waals surface area contributed by atoms with E-state index in [4.69, 9.17) is 9.47 Å². The van der Waals surface area contributed by atoms with Gasteiger partial charge < -0.3 is 19.7 Å². The lowest BCUT2D eigenvalue weighted by molar-refractivity contribution is -0.140. The van der Waals surface area contributed by atoms with Crippen molar-refractivity contribution >= 4 is 5.91 Å². The van der Waals surface area contributed by atoms with Gasteiger partial charge in [-0.1, -0.05) is 6.07 Å². The summed E-state index contributed by atoms with van der Waals surface area (Å²) in [5.41, 5.74) is 0.849. The van der Waals surface area contributed by atoms with Gasteiger partial charge >= 0.3 is 0 Å². The second-order valence-electron chi connectivity index (χ2n) is 6.08. The van der Waals surface area contributed by atoms with Crippen molar-refractivity contribution in [2.24, 2.45) is 0 Å². The van der Waals surface area contributed by atoms with Crippen LogP contribution in [0.1, 0.15) is 31.4 Å². The minimum absolute atomic E-state index is 0.00875. The smallest absolute Gasteiger partial charge is 0.251 e. The Hall–Kier alpha value is -1.66. The lowest BCUT2D eigenvalue weighted by Gasteiger charge is -2.20. The molecule has 0 bridgehead atoms. The fourth-order valence-electron chi connectivity index (χ4n) is 2.70. The molecule has 1 saturated heterocycles. The van der Waals surface area contributed by atoms with Crippen LogP contribution in [0.15, 0.2) is 18.2 Å². The molecule has 2 rings (SSSR count). The molecule has 0 aliphatic carbocycles. The molecule has 1 amide bonds. The van der Waals surface area contributed by atoms with Crippen molar-refractivity contribution in [2.75, 3.05) is 27.7 Å². The van der Waals surface area contributed by atoms with Crippen molar-refractivity contribution in [3.63, 3.8) is 0 Å². The van der Waals surface area contributed by atoms with Gasteiger partial charge in [-0.3, -0.25) is 4.79 Å². The Morgan fingerprint density at radius 1 is 1.48 bits per heavy atom. The van der Waals surface area contributed by atoms with E-state index < -0.39 is 0 Å². The molecule has 1 fully saturated rings. The molecular weight excluding hydrogens is 299 g/mol. The second kappa shape index (κ2) is 7.75. The number of carbonyl (C=O) groups is 1. The van der Waals surface area contributed by atoms with Crippen molar-refractivity contribution in [3.05, 3.63) is 29.6 Å². The van der Waals surface area contributed by atoms with E-state index in [0.717, 1.165) is 18.4 Å². The molecule has 1 aromatic carbocycles. The highest BCUT2D eigenvalue weighted by molar-refractivity contribution is 5.80. The Morgan fingerprint density at radius 2 is 2.22 bits per heavy atom. The number of rotatable bonds is 6. The quantitative estimate of drug-likeness (QED) is 0.871. The summed E-state index contributed by atoms with van der Waals surface area (Å²) >= 11 is 0. The highest BCUT2D eigenvalue weighted by Gasteiger charge is 2.31. The van der Waals surface area contributed by atoms with Crippen LogP contribution in [0.25, 0.3) is 0 Å². The molecule has 0 unspecified atom stereocenters.